The highest BCUT2D eigenvalue weighted by Gasteiger charge is 2.29. The molecule has 2 atom stereocenters. The van der Waals surface area contributed by atoms with Gasteiger partial charge in [0.2, 0.25) is 5.91 Å². The van der Waals surface area contributed by atoms with Crippen LogP contribution in [0.3, 0.4) is 0 Å². The maximum absolute atomic E-state index is 12.1. The molecule has 0 aromatic carbocycles. The van der Waals surface area contributed by atoms with Gasteiger partial charge in [0, 0.05) is 18.3 Å². The van der Waals surface area contributed by atoms with Crippen LogP contribution in [0.1, 0.15) is 32.1 Å². The smallest absolute Gasteiger partial charge is 0.223 e. The van der Waals surface area contributed by atoms with Crippen LogP contribution in [0.5, 0.6) is 0 Å². The Kier molecular flexibility index (Phi) is 3.78. The van der Waals surface area contributed by atoms with Crippen molar-refractivity contribution in [3.05, 3.63) is 18.2 Å². The van der Waals surface area contributed by atoms with Crippen molar-refractivity contribution >= 4 is 5.91 Å². The molecule has 1 saturated heterocycles. The lowest BCUT2D eigenvalue weighted by atomic mass is 9.88. The molecule has 1 amide bonds. The van der Waals surface area contributed by atoms with Gasteiger partial charge >= 0.3 is 0 Å². The van der Waals surface area contributed by atoms with Gasteiger partial charge in [-0.2, -0.15) is 0 Å². The van der Waals surface area contributed by atoms with E-state index in [4.69, 9.17) is 0 Å². The third-order valence-corrected chi connectivity index (χ3v) is 3.51. The predicted octanol–water partition coefficient (Wildman–Crippen LogP) is 0.832. The van der Waals surface area contributed by atoms with Crippen molar-refractivity contribution in [3.63, 3.8) is 0 Å². The number of carbonyl (C=O) groups excluding carboxylic acids is 1. The monoisotopic (exact) mass is 236 g/mol. The topological polar surface area (TPSA) is 69.8 Å². The molecule has 0 radical (unpaired) electrons. The van der Waals surface area contributed by atoms with E-state index < -0.39 is 0 Å². The number of nitrogens with one attached hydrogen (secondary N) is 3. The van der Waals surface area contributed by atoms with Crippen molar-refractivity contribution in [1.29, 1.82) is 0 Å². The number of hydrogen-bond acceptors (Lipinski definition) is 3. The lowest BCUT2D eigenvalue weighted by molar-refractivity contribution is -0.127. The van der Waals surface area contributed by atoms with Gasteiger partial charge in [-0.1, -0.05) is 13.8 Å². The SMILES string of the molecule is CCC(NC(=O)C(C)C1CNC1)c1ncc[nH]1. The molecule has 0 spiro atoms. The molecule has 17 heavy (non-hydrogen) atoms. The minimum atomic E-state index is -0.00649. The molecule has 94 valence electrons. The van der Waals surface area contributed by atoms with Gasteiger partial charge in [0.25, 0.3) is 0 Å². The molecule has 5 nitrogen and oxygen atoms in total. The van der Waals surface area contributed by atoms with Crippen LogP contribution in [0.25, 0.3) is 0 Å². The van der Waals surface area contributed by atoms with E-state index in [9.17, 15) is 4.79 Å². The largest absolute Gasteiger partial charge is 0.347 e. The van der Waals surface area contributed by atoms with E-state index in [0.29, 0.717) is 5.92 Å². The molecule has 3 N–H and O–H groups in total. The van der Waals surface area contributed by atoms with Crippen molar-refractivity contribution in [2.45, 2.75) is 26.3 Å². The summed E-state index contributed by atoms with van der Waals surface area (Å²) in [6.45, 7) is 5.94. The molecule has 1 fully saturated rings. The van der Waals surface area contributed by atoms with E-state index in [0.717, 1.165) is 25.3 Å². The van der Waals surface area contributed by atoms with E-state index in [2.05, 4.69) is 20.6 Å². The summed E-state index contributed by atoms with van der Waals surface area (Å²) < 4.78 is 0. The van der Waals surface area contributed by atoms with Crippen LogP contribution in [0.4, 0.5) is 0 Å². The number of carbonyl (C=O) groups is 1. The van der Waals surface area contributed by atoms with Crippen LogP contribution in [-0.4, -0.2) is 29.0 Å². The molecular formula is C12H20N4O. The van der Waals surface area contributed by atoms with Crippen molar-refractivity contribution in [3.8, 4) is 0 Å². The molecule has 1 aromatic heterocycles. The second-order valence-electron chi connectivity index (χ2n) is 4.65. The number of amides is 1. The third kappa shape index (κ3) is 2.66. The standard InChI is InChI=1S/C12H20N4O/c1-3-10(11-14-4-5-15-11)16-12(17)8(2)9-6-13-7-9/h4-5,8-10,13H,3,6-7H2,1-2H3,(H,14,15)(H,16,17). The Morgan fingerprint density at radius 1 is 1.65 bits per heavy atom. The first-order valence-corrected chi connectivity index (χ1v) is 6.22. The predicted molar refractivity (Wildman–Crippen MR) is 65.3 cm³/mol. The Balaban J connectivity index is 1.91. The molecule has 2 heterocycles. The Hall–Kier alpha value is -1.36. The van der Waals surface area contributed by atoms with Crippen molar-refractivity contribution in [2.24, 2.45) is 11.8 Å². The number of hydrogen-bond donors (Lipinski definition) is 3. The number of nitrogens with zero attached hydrogens (tertiary/aromatic N) is 1. The maximum Gasteiger partial charge on any atom is 0.223 e. The average molecular weight is 236 g/mol. The van der Waals surface area contributed by atoms with Gasteiger partial charge in [-0.15, -0.1) is 0 Å². The molecule has 1 aliphatic heterocycles. The van der Waals surface area contributed by atoms with E-state index in [1.165, 1.54) is 0 Å². The molecule has 1 aromatic rings. The van der Waals surface area contributed by atoms with Crippen LogP contribution in [0.2, 0.25) is 0 Å². The van der Waals surface area contributed by atoms with Gasteiger partial charge in [0.15, 0.2) is 0 Å². The summed E-state index contributed by atoms with van der Waals surface area (Å²) in [5, 5.41) is 6.25. The first kappa shape index (κ1) is 12.1. The lowest BCUT2D eigenvalue weighted by Gasteiger charge is -2.32. The Morgan fingerprint density at radius 2 is 2.41 bits per heavy atom. The summed E-state index contributed by atoms with van der Waals surface area (Å²) in [4.78, 5) is 19.3. The zero-order valence-corrected chi connectivity index (χ0v) is 10.4. The zero-order chi connectivity index (χ0) is 12.3. The van der Waals surface area contributed by atoms with Gasteiger partial charge in [-0.3, -0.25) is 4.79 Å². The molecule has 0 saturated carbocycles. The molecule has 2 unspecified atom stereocenters. The van der Waals surface area contributed by atoms with E-state index in [1.54, 1.807) is 12.4 Å². The minimum absolute atomic E-state index is 0.00649. The number of H-pyrrole nitrogens is 1. The first-order valence-electron chi connectivity index (χ1n) is 6.22. The highest BCUT2D eigenvalue weighted by Crippen LogP contribution is 2.18. The highest BCUT2D eigenvalue weighted by atomic mass is 16.2. The summed E-state index contributed by atoms with van der Waals surface area (Å²) in [6.07, 6.45) is 4.34. The summed E-state index contributed by atoms with van der Waals surface area (Å²) in [6, 6.07) is -0.00649. The van der Waals surface area contributed by atoms with Crippen LogP contribution < -0.4 is 10.6 Å². The Labute approximate surface area is 101 Å². The Bertz CT molecular complexity index is 359. The van der Waals surface area contributed by atoms with Crippen molar-refractivity contribution < 1.29 is 4.79 Å². The van der Waals surface area contributed by atoms with Gasteiger partial charge < -0.3 is 15.6 Å². The third-order valence-electron chi connectivity index (χ3n) is 3.51. The zero-order valence-electron chi connectivity index (χ0n) is 10.4. The molecule has 2 rings (SSSR count). The minimum Gasteiger partial charge on any atom is -0.347 e. The Morgan fingerprint density at radius 3 is 2.88 bits per heavy atom. The van der Waals surface area contributed by atoms with Gasteiger partial charge in [0.05, 0.1) is 6.04 Å². The van der Waals surface area contributed by atoms with Gasteiger partial charge in [0.1, 0.15) is 5.82 Å². The molecule has 0 bridgehead atoms. The summed E-state index contributed by atoms with van der Waals surface area (Å²) in [7, 11) is 0. The fourth-order valence-electron chi connectivity index (χ4n) is 2.01. The lowest BCUT2D eigenvalue weighted by Crippen LogP contribution is -2.50. The average Bonchev–Trinajstić information content (AvgIpc) is 2.76. The molecule has 5 heteroatoms. The van der Waals surface area contributed by atoms with Crippen LogP contribution in [-0.2, 0) is 4.79 Å². The summed E-state index contributed by atoms with van der Waals surface area (Å²) in [5.74, 6) is 1.50. The summed E-state index contributed by atoms with van der Waals surface area (Å²) in [5.41, 5.74) is 0. The molecular weight excluding hydrogens is 216 g/mol. The fraction of sp³-hybridized carbons (Fsp3) is 0.667. The van der Waals surface area contributed by atoms with E-state index in [1.807, 2.05) is 13.8 Å². The van der Waals surface area contributed by atoms with Gasteiger partial charge in [-0.25, -0.2) is 4.98 Å². The first-order chi connectivity index (χ1) is 8.22. The van der Waals surface area contributed by atoms with Crippen LogP contribution in [0.15, 0.2) is 12.4 Å². The normalized spacial score (nSPS) is 19.4. The van der Waals surface area contributed by atoms with Crippen molar-refractivity contribution in [1.82, 2.24) is 20.6 Å². The van der Waals surface area contributed by atoms with E-state index >= 15 is 0 Å². The molecule has 1 aliphatic rings. The molecule has 0 aliphatic carbocycles. The second-order valence-corrected chi connectivity index (χ2v) is 4.65. The quantitative estimate of drug-likeness (QED) is 0.709. The summed E-state index contributed by atoms with van der Waals surface area (Å²) >= 11 is 0. The number of aromatic nitrogens is 2. The van der Waals surface area contributed by atoms with Gasteiger partial charge in [-0.05, 0) is 25.4 Å². The second kappa shape index (κ2) is 5.31. The number of imidazole rings is 1. The van der Waals surface area contributed by atoms with Crippen LogP contribution >= 0.6 is 0 Å². The highest BCUT2D eigenvalue weighted by molar-refractivity contribution is 5.79. The van der Waals surface area contributed by atoms with E-state index in [-0.39, 0.29) is 17.9 Å². The van der Waals surface area contributed by atoms with Crippen LogP contribution in [0, 0.1) is 11.8 Å². The number of aromatic amines is 1. The van der Waals surface area contributed by atoms with Crippen molar-refractivity contribution in [2.75, 3.05) is 13.1 Å². The fourth-order valence-corrected chi connectivity index (χ4v) is 2.01. The number of rotatable bonds is 5. The maximum atomic E-state index is 12.1.